The highest BCUT2D eigenvalue weighted by molar-refractivity contribution is 6.31. The zero-order valence-electron chi connectivity index (χ0n) is 15.5. The number of amides is 1. The molecule has 1 saturated heterocycles. The molecule has 0 bridgehead atoms. The van der Waals surface area contributed by atoms with Crippen molar-refractivity contribution in [3.63, 3.8) is 0 Å². The van der Waals surface area contributed by atoms with Gasteiger partial charge in [-0.2, -0.15) is 0 Å². The molecule has 7 heteroatoms. The number of aliphatic carboxylic acids is 1. The van der Waals surface area contributed by atoms with Gasteiger partial charge in [0.1, 0.15) is 0 Å². The molecule has 2 aromatic rings. The number of piperazine rings is 1. The van der Waals surface area contributed by atoms with Gasteiger partial charge in [0.2, 0.25) is 5.91 Å². The van der Waals surface area contributed by atoms with Crippen molar-refractivity contribution in [3.05, 3.63) is 58.6 Å². The Labute approximate surface area is 168 Å². The first-order chi connectivity index (χ1) is 13.4. The Morgan fingerprint density at radius 3 is 2.54 bits per heavy atom. The third-order valence-electron chi connectivity index (χ3n) is 4.79. The first kappa shape index (κ1) is 19.9. The monoisotopic (exact) mass is 400 g/mol. The number of anilines is 2. The van der Waals surface area contributed by atoms with Gasteiger partial charge in [-0.25, -0.2) is 0 Å². The van der Waals surface area contributed by atoms with Crippen LogP contribution in [0.1, 0.15) is 29.3 Å². The third-order valence-corrected chi connectivity index (χ3v) is 5.03. The van der Waals surface area contributed by atoms with E-state index < -0.39 is 5.97 Å². The lowest BCUT2D eigenvalue weighted by atomic mass is 10.0. The fourth-order valence-electron chi connectivity index (χ4n) is 3.42. The molecular weight excluding hydrogens is 380 g/mol. The van der Waals surface area contributed by atoms with E-state index in [0.717, 1.165) is 11.3 Å². The third kappa shape index (κ3) is 4.34. The predicted molar refractivity (Wildman–Crippen MR) is 108 cm³/mol. The lowest BCUT2D eigenvalue weighted by molar-refractivity contribution is -0.137. The summed E-state index contributed by atoms with van der Waals surface area (Å²) in [5.41, 5.74) is 2.77. The molecule has 146 valence electrons. The number of hydrogen-bond acceptors (Lipinski definition) is 4. The molecule has 1 amide bonds. The van der Waals surface area contributed by atoms with Gasteiger partial charge in [-0.15, -0.1) is 0 Å². The second kappa shape index (κ2) is 8.44. The number of halogens is 1. The van der Waals surface area contributed by atoms with Crippen LogP contribution in [0.25, 0.3) is 0 Å². The Hall–Kier alpha value is -2.86. The maximum atomic E-state index is 12.9. The number of benzene rings is 2. The predicted octanol–water partition coefficient (Wildman–Crippen LogP) is 3.41. The van der Waals surface area contributed by atoms with Crippen molar-refractivity contribution in [1.29, 1.82) is 0 Å². The molecule has 0 saturated carbocycles. The summed E-state index contributed by atoms with van der Waals surface area (Å²) in [6.45, 7) is 2.59. The first-order valence-electron chi connectivity index (χ1n) is 9.02. The molecule has 0 atom stereocenters. The average molecular weight is 401 g/mol. The second-order valence-electron chi connectivity index (χ2n) is 6.71. The van der Waals surface area contributed by atoms with Gasteiger partial charge >= 0.3 is 5.97 Å². The van der Waals surface area contributed by atoms with E-state index in [1.165, 1.54) is 6.92 Å². The van der Waals surface area contributed by atoms with Gasteiger partial charge in [0.15, 0.2) is 5.78 Å². The van der Waals surface area contributed by atoms with Gasteiger partial charge in [0.25, 0.3) is 0 Å². The van der Waals surface area contributed by atoms with Crippen LogP contribution in [0.5, 0.6) is 0 Å². The summed E-state index contributed by atoms with van der Waals surface area (Å²) in [5, 5.41) is 9.46. The quantitative estimate of drug-likeness (QED) is 0.752. The number of rotatable bonds is 6. The number of hydrogen-bond donors (Lipinski definition) is 1. The molecule has 1 fully saturated rings. The Bertz CT molecular complexity index is 928. The van der Waals surface area contributed by atoms with E-state index in [0.29, 0.717) is 35.8 Å². The zero-order chi connectivity index (χ0) is 20.3. The van der Waals surface area contributed by atoms with E-state index in [9.17, 15) is 14.4 Å². The van der Waals surface area contributed by atoms with Crippen molar-refractivity contribution < 1.29 is 19.5 Å². The van der Waals surface area contributed by atoms with Crippen LogP contribution in [-0.4, -0.2) is 42.4 Å². The SMILES string of the molecule is CC(=O)c1ccc(Cl)cc1N1CCN(c2ccccc2CCC(=O)O)C(=O)C1. The van der Waals surface area contributed by atoms with Crippen LogP contribution >= 0.6 is 11.6 Å². The average Bonchev–Trinajstić information content (AvgIpc) is 2.66. The molecule has 28 heavy (non-hydrogen) atoms. The summed E-state index contributed by atoms with van der Waals surface area (Å²) in [6, 6.07) is 12.4. The van der Waals surface area contributed by atoms with Crippen LogP contribution in [-0.2, 0) is 16.0 Å². The smallest absolute Gasteiger partial charge is 0.303 e. The van der Waals surface area contributed by atoms with Crippen LogP contribution in [0.2, 0.25) is 5.02 Å². The van der Waals surface area contributed by atoms with E-state index in [1.54, 1.807) is 23.1 Å². The van der Waals surface area contributed by atoms with E-state index in [1.807, 2.05) is 29.2 Å². The largest absolute Gasteiger partial charge is 0.481 e. The number of carboxylic acids is 1. The minimum atomic E-state index is -0.872. The molecule has 0 aromatic heterocycles. The van der Waals surface area contributed by atoms with Crippen LogP contribution < -0.4 is 9.80 Å². The number of aryl methyl sites for hydroxylation is 1. The summed E-state index contributed by atoms with van der Waals surface area (Å²) < 4.78 is 0. The van der Waals surface area contributed by atoms with Gasteiger partial charge in [0, 0.05) is 41.5 Å². The highest BCUT2D eigenvalue weighted by atomic mass is 35.5. The van der Waals surface area contributed by atoms with E-state index in [4.69, 9.17) is 16.7 Å². The minimum absolute atomic E-state index is 0.00958. The van der Waals surface area contributed by atoms with Crippen LogP contribution in [0, 0.1) is 0 Å². The van der Waals surface area contributed by atoms with E-state index in [2.05, 4.69) is 0 Å². The zero-order valence-corrected chi connectivity index (χ0v) is 16.3. The molecule has 0 aliphatic carbocycles. The fourth-order valence-corrected chi connectivity index (χ4v) is 3.59. The summed E-state index contributed by atoms with van der Waals surface area (Å²) in [6.07, 6.45) is 0.372. The number of para-hydroxylation sites is 1. The van der Waals surface area contributed by atoms with Crippen molar-refractivity contribution in [2.45, 2.75) is 19.8 Å². The Morgan fingerprint density at radius 2 is 1.86 bits per heavy atom. The van der Waals surface area contributed by atoms with Gasteiger partial charge in [0.05, 0.1) is 6.54 Å². The van der Waals surface area contributed by atoms with Crippen molar-refractivity contribution in [1.82, 2.24) is 0 Å². The number of carbonyl (C=O) groups is 3. The van der Waals surface area contributed by atoms with Crippen LogP contribution in [0.15, 0.2) is 42.5 Å². The lowest BCUT2D eigenvalue weighted by Crippen LogP contribution is -2.51. The van der Waals surface area contributed by atoms with Gasteiger partial charge in [-0.05, 0) is 43.2 Å². The molecular formula is C21H21ClN2O4. The van der Waals surface area contributed by atoms with Crippen LogP contribution in [0.4, 0.5) is 11.4 Å². The topological polar surface area (TPSA) is 77.9 Å². The Morgan fingerprint density at radius 1 is 1.11 bits per heavy atom. The van der Waals surface area contributed by atoms with E-state index in [-0.39, 0.29) is 24.7 Å². The Balaban J connectivity index is 1.82. The lowest BCUT2D eigenvalue weighted by Gasteiger charge is -2.37. The first-order valence-corrected chi connectivity index (χ1v) is 9.40. The highest BCUT2D eigenvalue weighted by Gasteiger charge is 2.28. The van der Waals surface area contributed by atoms with Gasteiger partial charge < -0.3 is 14.9 Å². The van der Waals surface area contributed by atoms with Gasteiger partial charge in [-0.1, -0.05) is 29.8 Å². The fraction of sp³-hybridized carbons (Fsp3) is 0.286. The van der Waals surface area contributed by atoms with E-state index >= 15 is 0 Å². The summed E-state index contributed by atoms with van der Waals surface area (Å²) in [5.74, 6) is -1.06. The molecule has 1 heterocycles. The molecule has 1 aliphatic heterocycles. The van der Waals surface area contributed by atoms with Crippen molar-refractivity contribution in [3.8, 4) is 0 Å². The summed E-state index contributed by atoms with van der Waals surface area (Å²) in [7, 11) is 0. The molecule has 0 spiro atoms. The number of Topliss-reactive ketones (excluding diaryl/α,β-unsaturated/α-hetero) is 1. The molecule has 1 N–H and O–H groups in total. The standard InChI is InChI=1S/C21H21ClN2O4/c1-14(25)17-8-7-16(22)12-19(17)23-10-11-24(20(26)13-23)18-5-3-2-4-15(18)6-9-21(27)28/h2-5,7-8,12H,6,9-11,13H2,1H3,(H,27,28). The minimum Gasteiger partial charge on any atom is -0.481 e. The Kier molecular flexibility index (Phi) is 5.99. The summed E-state index contributed by atoms with van der Waals surface area (Å²) >= 11 is 6.10. The number of carbonyl (C=O) groups excluding carboxylic acids is 2. The van der Waals surface area contributed by atoms with Crippen molar-refractivity contribution >= 4 is 40.6 Å². The number of nitrogens with zero attached hydrogens (tertiary/aromatic N) is 2. The number of ketones is 1. The van der Waals surface area contributed by atoms with Crippen molar-refractivity contribution in [2.24, 2.45) is 0 Å². The second-order valence-corrected chi connectivity index (χ2v) is 7.14. The molecule has 6 nitrogen and oxygen atoms in total. The maximum Gasteiger partial charge on any atom is 0.303 e. The highest BCUT2D eigenvalue weighted by Crippen LogP contribution is 2.29. The molecule has 2 aromatic carbocycles. The maximum absolute atomic E-state index is 12.9. The molecule has 0 radical (unpaired) electrons. The van der Waals surface area contributed by atoms with Gasteiger partial charge in [-0.3, -0.25) is 14.4 Å². The number of carboxylic acid groups (broad SMARTS) is 1. The normalized spacial score (nSPS) is 14.3. The van der Waals surface area contributed by atoms with Crippen LogP contribution in [0.3, 0.4) is 0 Å². The van der Waals surface area contributed by atoms with Crippen molar-refractivity contribution in [2.75, 3.05) is 29.4 Å². The molecule has 1 aliphatic rings. The molecule has 0 unspecified atom stereocenters. The summed E-state index contributed by atoms with van der Waals surface area (Å²) in [4.78, 5) is 39.3. The molecule has 3 rings (SSSR count).